The molecule has 0 radical (unpaired) electrons. The van der Waals surface area contributed by atoms with Crippen molar-refractivity contribution in [1.29, 1.82) is 0 Å². The number of hydrogen-bond acceptors (Lipinski definition) is 5. The number of nitrogens with zero attached hydrogens (tertiary/aromatic N) is 3. The zero-order valence-electron chi connectivity index (χ0n) is 15.1. The molecule has 1 atom stereocenters. The molecule has 0 fully saturated rings. The Hall–Kier alpha value is -3.55. The van der Waals surface area contributed by atoms with Crippen molar-refractivity contribution in [2.24, 2.45) is 16.6 Å². The number of amides is 2. The zero-order valence-corrected chi connectivity index (χ0v) is 15.1. The Bertz CT molecular complexity index is 1060. The van der Waals surface area contributed by atoms with Crippen molar-refractivity contribution >= 4 is 34.5 Å². The van der Waals surface area contributed by atoms with Crippen LogP contribution in [0.1, 0.15) is 22.8 Å². The molecule has 0 spiro atoms. The smallest absolute Gasteiger partial charge is 0.265 e. The molecular formula is C19H20N6O2. The lowest BCUT2D eigenvalue weighted by molar-refractivity contribution is -0.116. The van der Waals surface area contributed by atoms with Crippen molar-refractivity contribution in [2.45, 2.75) is 13.1 Å². The molecule has 0 saturated heterocycles. The van der Waals surface area contributed by atoms with E-state index in [1.807, 2.05) is 31.1 Å². The van der Waals surface area contributed by atoms with Crippen molar-refractivity contribution < 1.29 is 9.59 Å². The Morgan fingerprint density at radius 3 is 2.70 bits per heavy atom. The topological polar surface area (TPSA) is 121 Å². The fourth-order valence-electron chi connectivity index (χ4n) is 3.78. The first-order valence-corrected chi connectivity index (χ1v) is 8.62. The molecule has 2 amide bonds. The van der Waals surface area contributed by atoms with Crippen molar-refractivity contribution in [3.05, 3.63) is 52.9 Å². The maximum Gasteiger partial charge on any atom is 0.265 e. The maximum atomic E-state index is 12.1. The summed E-state index contributed by atoms with van der Waals surface area (Å²) in [4.78, 5) is 28.8. The van der Waals surface area contributed by atoms with Crippen molar-refractivity contribution in [3.8, 4) is 0 Å². The summed E-state index contributed by atoms with van der Waals surface area (Å²) >= 11 is 0. The molecular weight excluding hydrogens is 344 g/mol. The second-order valence-corrected chi connectivity index (χ2v) is 6.57. The number of likely N-dealkylation sites (N-methyl/N-ethyl adjacent to an activating group) is 2. The number of H-pyrrole nitrogens is 1. The van der Waals surface area contributed by atoms with Crippen LogP contribution in [0.3, 0.4) is 0 Å². The lowest BCUT2D eigenvalue weighted by Crippen LogP contribution is -2.47. The van der Waals surface area contributed by atoms with Crippen LogP contribution >= 0.6 is 0 Å². The predicted octanol–water partition coefficient (Wildman–Crippen LogP) is 0.982. The molecule has 27 heavy (non-hydrogen) atoms. The van der Waals surface area contributed by atoms with Gasteiger partial charge in [-0.1, -0.05) is 0 Å². The molecule has 0 bridgehead atoms. The van der Waals surface area contributed by atoms with E-state index in [1.165, 1.54) is 0 Å². The van der Waals surface area contributed by atoms with Crippen LogP contribution in [0.4, 0.5) is 0 Å². The lowest BCUT2D eigenvalue weighted by Gasteiger charge is -2.38. The van der Waals surface area contributed by atoms with Gasteiger partial charge >= 0.3 is 0 Å². The Kier molecular flexibility index (Phi) is 3.76. The molecule has 0 aliphatic carbocycles. The number of benzene rings is 1. The van der Waals surface area contributed by atoms with Crippen LogP contribution in [0.15, 0.2) is 46.8 Å². The highest BCUT2D eigenvalue weighted by Crippen LogP contribution is 2.38. The molecule has 1 aromatic heterocycles. The van der Waals surface area contributed by atoms with Crippen molar-refractivity contribution in [2.75, 3.05) is 13.6 Å². The van der Waals surface area contributed by atoms with Crippen molar-refractivity contribution in [1.82, 2.24) is 14.9 Å². The number of rotatable bonds is 4. The third-order valence-corrected chi connectivity index (χ3v) is 5.06. The maximum absolute atomic E-state index is 12.1. The molecule has 138 valence electrons. The van der Waals surface area contributed by atoms with Gasteiger partial charge in [-0.3, -0.25) is 14.6 Å². The highest BCUT2D eigenvalue weighted by Gasteiger charge is 2.37. The summed E-state index contributed by atoms with van der Waals surface area (Å²) in [6, 6.07) is 5.25. The first-order chi connectivity index (χ1) is 12.9. The highest BCUT2D eigenvalue weighted by atomic mass is 16.1. The first kappa shape index (κ1) is 16.9. The van der Waals surface area contributed by atoms with Gasteiger partial charge in [-0.25, -0.2) is 0 Å². The summed E-state index contributed by atoms with van der Waals surface area (Å²) in [5.74, 6) is -0.984. The van der Waals surface area contributed by atoms with E-state index >= 15 is 0 Å². The van der Waals surface area contributed by atoms with Gasteiger partial charge in [-0.2, -0.15) is 5.10 Å². The van der Waals surface area contributed by atoms with Crippen LogP contribution in [0.5, 0.6) is 0 Å². The quantitative estimate of drug-likeness (QED) is 0.749. The standard InChI is InChI=1S/C19H20N6O2/c1-3-25-16(18(21)27)7-11(14-9-23-24(2)19(14)25)13-8-22-15-5-4-10(17(20)26)6-12(13)15/h4-9,19,22H,3H2,1-2H3,(H2,20,26)(H2,21,27). The molecule has 2 aliphatic rings. The Morgan fingerprint density at radius 1 is 1.26 bits per heavy atom. The minimum atomic E-state index is -0.494. The number of allylic oxidation sites excluding steroid dienone is 2. The van der Waals surface area contributed by atoms with Gasteiger partial charge < -0.3 is 21.4 Å². The van der Waals surface area contributed by atoms with Crippen LogP contribution in [0, 0.1) is 0 Å². The van der Waals surface area contributed by atoms with Gasteiger partial charge in [0.25, 0.3) is 5.91 Å². The number of nitrogens with one attached hydrogen (secondary N) is 1. The van der Waals surface area contributed by atoms with Gasteiger partial charge in [0.1, 0.15) is 11.9 Å². The van der Waals surface area contributed by atoms with E-state index in [0.717, 1.165) is 27.6 Å². The average Bonchev–Trinajstić information content (AvgIpc) is 3.24. The fourth-order valence-corrected chi connectivity index (χ4v) is 3.78. The molecule has 1 unspecified atom stereocenters. The summed E-state index contributed by atoms with van der Waals surface area (Å²) in [5.41, 5.74) is 15.5. The molecule has 3 heterocycles. The molecule has 2 aliphatic heterocycles. The Morgan fingerprint density at radius 2 is 2.04 bits per heavy atom. The van der Waals surface area contributed by atoms with Crippen molar-refractivity contribution in [3.63, 3.8) is 0 Å². The summed E-state index contributed by atoms with van der Waals surface area (Å²) in [7, 11) is 1.86. The zero-order chi connectivity index (χ0) is 19.3. The minimum Gasteiger partial charge on any atom is -0.366 e. The number of aromatic amines is 1. The van der Waals surface area contributed by atoms with Crippen LogP contribution in [-0.2, 0) is 4.79 Å². The minimum absolute atomic E-state index is 0.207. The summed E-state index contributed by atoms with van der Waals surface area (Å²) in [5, 5.41) is 7.05. The predicted molar refractivity (Wildman–Crippen MR) is 103 cm³/mol. The second kappa shape index (κ2) is 6.01. The molecule has 8 heteroatoms. The number of primary amides is 2. The number of nitrogens with two attached hydrogens (primary N) is 2. The third kappa shape index (κ3) is 2.49. The number of aromatic nitrogens is 1. The summed E-state index contributed by atoms with van der Waals surface area (Å²) in [6.45, 7) is 2.58. The van der Waals surface area contributed by atoms with Gasteiger partial charge in [0.05, 0.1) is 6.21 Å². The Labute approximate surface area is 155 Å². The number of hydrogen-bond donors (Lipinski definition) is 3. The van der Waals surface area contributed by atoms with E-state index in [1.54, 1.807) is 29.4 Å². The molecule has 8 nitrogen and oxygen atoms in total. The normalized spacial score (nSPS) is 18.9. The first-order valence-electron chi connectivity index (χ1n) is 8.62. The summed E-state index contributed by atoms with van der Waals surface area (Å²) in [6.07, 6.45) is 5.25. The molecule has 0 saturated carbocycles. The van der Waals surface area contributed by atoms with E-state index in [9.17, 15) is 9.59 Å². The third-order valence-electron chi connectivity index (χ3n) is 5.06. The molecule has 4 rings (SSSR count). The van der Waals surface area contributed by atoms with E-state index in [2.05, 4.69) is 10.1 Å². The van der Waals surface area contributed by atoms with Gasteiger partial charge in [0, 0.05) is 47.4 Å². The van der Waals surface area contributed by atoms with E-state index in [4.69, 9.17) is 11.5 Å². The molecule has 2 aromatic rings. The number of carbonyl (C=O) groups is 2. The fraction of sp³-hybridized carbons (Fsp3) is 0.211. The van der Waals surface area contributed by atoms with Gasteiger partial charge in [0.15, 0.2) is 0 Å². The van der Waals surface area contributed by atoms with E-state index in [-0.39, 0.29) is 6.17 Å². The van der Waals surface area contributed by atoms with E-state index in [0.29, 0.717) is 17.8 Å². The average molecular weight is 364 g/mol. The monoisotopic (exact) mass is 364 g/mol. The highest BCUT2D eigenvalue weighted by molar-refractivity contribution is 6.08. The van der Waals surface area contributed by atoms with Gasteiger partial charge in [-0.15, -0.1) is 0 Å². The van der Waals surface area contributed by atoms with Gasteiger partial charge in [0.2, 0.25) is 5.91 Å². The largest absolute Gasteiger partial charge is 0.366 e. The van der Waals surface area contributed by atoms with Crippen LogP contribution in [0.2, 0.25) is 0 Å². The van der Waals surface area contributed by atoms with Crippen LogP contribution in [-0.4, -0.2) is 52.7 Å². The van der Waals surface area contributed by atoms with Crippen LogP contribution in [0.25, 0.3) is 16.5 Å². The number of fused-ring (bicyclic) bond motifs is 2. The number of carbonyl (C=O) groups excluding carboxylic acids is 2. The Balaban J connectivity index is 1.97. The second-order valence-electron chi connectivity index (χ2n) is 6.57. The number of hydrazone groups is 1. The van der Waals surface area contributed by atoms with Gasteiger partial charge in [-0.05, 0) is 36.8 Å². The van der Waals surface area contributed by atoms with Crippen LogP contribution < -0.4 is 11.5 Å². The van der Waals surface area contributed by atoms with E-state index < -0.39 is 11.8 Å². The SMILES string of the molecule is CCN1C(C(N)=O)=CC(c2c[nH]c3ccc(C(N)=O)cc23)=C2C=NN(C)C21. The lowest BCUT2D eigenvalue weighted by atomic mass is 9.92. The molecule has 1 aromatic carbocycles. The summed E-state index contributed by atoms with van der Waals surface area (Å²) < 4.78 is 0. The molecule has 5 N–H and O–H groups in total.